The molecule has 1 saturated carbocycles. The van der Waals surface area contributed by atoms with Crippen LogP contribution in [0.5, 0.6) is 0 Å². The Morgan fingerprint density at radius 2 is 1.62 bits per heavy atom. The predicted molar refractivity (Wildman–Crippen MR) is 85.2 cm³/mol. The van der Waals surface area contributed by atoms with Crippen LogP contribution >= 0.6 is 0 Å². The third kappa shape index (κ3) is 2.51. The van der Waals surface area contributed by atoms with Gasteiger partial charge in [-0.2, -0.15) is 5.26 Å². The summed E-state index contributed by atoms with van der Waals surface area (Å²) in [4.78, 5) is 4.82. The van der Waals surface area contributed by atoms with Gasteiger partial charge in [0.05, 0.1) is 11.8 Å². The average Bonchev–Trinajstić information content (AvgIpc) is 3.28. The van der Waals surface area contributed by atoms with Gasteiger partial charge in [-0.25, -0.2) is 0 Å². The third-order valence-corrected chi connectivity index (χ3v) is 3.87. The first kappa shape index (κ1) is 13.3. The van der Waals surface area contributed by atoms with Gasteiger partial charge in [-0.05, 0) is 6.42 Å². The highest BCUT2D eigenvalue weighted by Gasteiger charge is 2.53. The number of nitrogens with zero attached hydrogens (tertiary/aromatic N) is 2. The minimum Gasteiger partial charge on any atom is -0.262 e. The number of aliphatic imine (C=N–C) groups is 1. The van der Waals surface area contributed by atoms with Crippen molar-refractivity contribution in [2.45, 2.75) is 12.0 Å². The Bertz CT molecular complexity index is 669. The summed E-state index contributed by atoms with van der Waals surface area (Å²) in [5, 5.41) is 9.50. The molecule has 1 aliphatic rings. The van der Waals surface area contributed by atoms with Crippen molar-refractivity contribution in [3.8, 4) is 6.07 Å². The molecule has 2 nitrogen and oxygen atoms in total. The molecule has 0 amide bonds. The van der Waals surface area contributed by atoms with E-state index in [2.05, 4.69) is 12.6 Å². The molecule has 102 valence electrons. The maximum Gasteiger partial charge on any atom is 0.154 e. The zero-order valence-corrected chi connectivity index (χ0v) is 11.7. The number of hydrogen-bond acceptors (Lipinski definition) is 2. The quantitative estimate of drug-likeness (QED) is 0.612. The van der Waals surface area contributed by atoms with Crippen molar-refractivity contribution in [1.82, 2.24) is 0 Å². The minimum absolute atomic E-state index is 0.157. The van der Waals surface area contributed by atoms with Crippen molar-refractivity contribution in [3.05, 3.63) is 84.4 Å². The smallest absolute Gasteiger partial charge is 0.154 e. The van der Waals surface area contributed by atoms with E-state index in [0.29, 0.717) is 0 Å². The second-order valence-corrected chi connectivity index (χ2v) is 5.27. The first-order valence-corrected chi connectivity index (χ1v) is 7.03. The van der Waals surface area contributed by atoms with Gasteiger partial charge in [0.1, 0.15) is 0 Å². The van der Waals surface area contributed by atoms with E-state index in [1.165, 1.54) is 0 Å². The minimum atomic E-state index is -0.636. The molecule has 2 heteroatoms. The molecule has 2 atom stereocenters. The van der Waals surface area contributed by atoms with Gasteiger partial charge >= 0.3 is 0 Å². The van der Waals surface area contributed by atoms with Gasteiger partial charge in [0.25, 0.3) is 0 Å². The predicted octanol–water partition coefficient (Wildman–Crippen LogP) is 3.99. The Morgan fingerprint density at radius 1 is 1.10 bits per heavy atom. The molecule has 2 aromatic carbocycles. The fourth-order valence-corrected chi connectivity index (χ4v) is 2.52. The molecule has 1 aliphatic carbocycles. The van der Waals surface area contributed by atoms with Crippen LogP contribution in [-0.2, 0) is 0 Å². The average molecular weight is 272 g/mol. The first-order chi connectivity index (χ1) is 10.3. The summed E-state index contributed by atoms with van der Waals surface area (Å²) < 4.78 is 0. The molecule has 0 spiro atoms. The van der Waals surface area contributed by atoms with E-state index in [9.17, 15) is 5.26 Å². The van der Waals surface area contributed by atoms with Crippen molar-refractivity contribution in [2.24, 2.45) is 10.9 Å². The van der Waals surface area contributed by atoms with E-state index in [4.69, 9.17) is 4.99 Å². The van der Waals surface area contributed by atoms with Crippen LogP contribution in [-0.4, -0.2) is 11.3 Å². The molecule has 0 radical (unpaired) electrons. The SMILES string of the molecule is C=C[C@H]1C[C@@]1(C#N)N=C(c1ccccc1)c1ccccc1. The lowest BCUT2D eigenvalue weighted by molar-refractivity contribution is 0.818. The highest BCUT2D eigenvalue weighted by Crippen LogP contribution is 2.48. The van der Waals surface area contributed by atoms with Crippen molar-refractivity contribution in [1.29, 1.82) is 5.26 Å². The van der Waals surface area contributed by atoms with E-state index >= 15 is 0 Å². The summed E-state index contributed by atoms with van der Waals surface area (Å²) in [6, 6.07) is 22.4. The lowest BCUT2D eigenvalue weighted by Crippen LogP contribution is -2.12. The Morgan fingerprint density at radius 3 is 2.00 bits per heavy atom. The molecule has 0 aromatic heterocycles. The molecule has 0 saturated heterocycles. The summed E-state index contributed by atoms with van der Waals surface area (Å²) in [6.45, 7) is 3.80. The second-order valence-electron chi connectivity index (χ2n) is 5.27. The summed E-state index contributed by atoms with van der Waals surface area (Å²) in [7, 11) is 0. The van der Waals surface area contributed by atoms with Crippen molar-refractivity contribution >= 4 is 5.71 Å². The molecular formula is C19H16N2. The zero-order valence-electron chi connectivity index (χ0n) is 11.7. The fraction of sp³-hybridized carbons (Fsp3) is 0.158. The number of hydrogen-bond donors (Lipinski definition) is 0. The molecule has 21 heavy (non-hydrogen) atoms. The molecule has 0 unspecified atom stereocenters. The highest BCUT2D eigenvalue weighted by atomic mass is 15.0. The van der Waals surface area contributed by atoms with Gasteiger partial charge < -0.3 is 0 Å². The van der Waals surface area contributed by atoms with Crippen molar-refractivity contribution in [2.75, 3.05) is 0 Å². The van der Waals surface area contributed by atoms with Gasteiger partial charge in [-0.1, -0.05) is 66.7 Å². The largest absolute Gasteiger partial charge is 0.262 e. The van der Waals surface area contributed by atoms with E-state index in [1.54, 1.807) is 0 Å². The van der Waals surface area contributed by atoms with Crippen LogP contribution in [0.1, 0.15) is 17.5 Å². The standard InChI is InChI=1S/C19H16N2/c1-2-17-13-19(17,14-20)21-18(15-9-5-3-6-10-15)16-11-7-4-8-12-16/h2-12,17H,1,13H2/t17-,19-/m0/s1. The second kappa shape index (κ2) is 5.38. The third-order valence-electron chi connectivity index (χ3n) is 3.87. The van der Waals surface area contributed by atoms with Crippen LogP contribution < -0.4 is 0 Å². The lowest BCUT2D eigenvalue weighted by atomic mass is 10.0. The zero-order chi connectivity index (χ0) is 14.7. The summed E-state index contributed by atoms with van der Waals surface area (Å²) in [5.41, 5.74) is 2.31. The molecule has 3 rings (SSSR count). The van der Waals surface area contributed by atoms with E-state index in [0.717, 1.165) is 23.3 Å². The van der Waals surface area contributed by atoms with Gasteiger partial charge in [0.2, 0.25) is 0 Å². The van der Waals surface area contributed by atoms with Crippen LogP contribution in [0.25, 0.3) is 0 Å². The number of nitriles is 1. The number of rotatable bonds is 4. The summed E-state index contributed by atoms with van der Waals surface area (Å²) in [5.74, 6) is 0.157. The summed E-state index contributed by atoms with van der Waals surface area (Å²) >= 11 is 0. The fourth-order valence-electron chi connectivity index (χ4n) is 2.52. The van der Waals surface area contributed by atoms with E-state index in [1.807, 2.05) is 66.7 Å². The number of benzene rings is 2. The first-order valence-electron chi connectivity index (χ1n) is 7.03. The maximum atomic E-state index is 9.50. The molecule has 0 bridgehead atoms. The van der Waals surface area contributed by atoms with Gasteiger partial charge in [0, 0.05) is 17.0 Å². The molecular weight excluding hydrogens is 256 g/mol. The van der Waals surface area contributed by atoms with Crippen LogP contribution in [0.3, 0.4) is 0 Å². The summed E-state index contributed by atoms with van der Waals surface area (Å²) in [6.07, 6.45) is 2.59. The maximum absolute atomic E-state index is 9.50. The van der Waals surface area contributed by atoms with Crippen LogP contribution in [0.4, 0.5) is 0 Å². The lowest BCUT2D eigenvalue weighted by Gasteiger charge is -2.10. The van der Waals surface area contributed by atoms with Gasteiger partial charge in [0.15, 0.2) is 5.54 Å². The Labute approximate surface area is 125 Å². The molecule has 0 N–H and O–H groups in total. The molecule has 2 aromatic rings. The molecule has 0 aliphatic heterocycles. The Hall–Kier alpha value is -2.66. The van der Waals surface area contributed by atoms with Crippen molar-refractivity contribution in [3.63, 3.8) is 0 Å². The molecule has 1 fully saturated rings. The van der Waals surface area contributed by atoms with E-state index in [-0.39, 0.29) is 5.92 Å². The van der Waals surface area contributed by atoms with Crippen LogP contribution in [0.15, 0.2) is 78.3 Å². The highest BCUT2D eigenvalue weighted by molar-refractivity contribution is 6.13. The normalized spacial score (nSPS) is 22.9. The Balaban J connectivity index is 2.11. The van der Waals surface area contributed by atoms with Crippen LogP contribution in [0, 0.1) is 17.2 Å². The van der Waals surface area contributed by atoms with E-state index < -0.39 is 5.54 Å². The van der Waals surface area contributed by atoms with Gasteiger partial charge in [-0.15, -0.1) is 6.58 Å². The monoisotopic (exact) mass is 272 g/mol. The van der Waals surface area contributed by atoms with Crippen molar-refractivity contribution < 1.29 is 0 Å². The molecule has 0 heterocycles. The Kier molecular flexibility index (Phi) is 3.41. The van der Waals surface area contributed by atoms with Gasteiger partial charge in [-0.3, -0.25) is 4.99 Å². The topological polar surface area (TPSA) is 36.1 Å². The van der Waals surface area contributed by atoms with Crippen LogP contribution in [0.2, 0.25) is 0 Å².